The first kappa shape index (κ1) is 20.0. The zero-order valence-corrected chi connectivity index (χ0v) is 15.7. The van der Waals surface area contributed by atoms with Crippen molar-refractivity contribution in [2.24, 2.45) is 0 Å². The lowest BCUT2D eigenvalue weighted by atomic mass is 10.1. The second kappa shape index (κ2) is 8.97. The summed E-state index contributed by atoms with van der Waals surface area (Å²) in [5, 5.41) is 13.2. The van der Waals surface area contributed by atoms with E-state index in [1.54, 1.807) is 19.1 Å². The van der Waals surface area contributed by atoms with Crippen LogP contribution in [0.5, 0.6) is 5.75 Å². The van der Waals surface area contributed by atoms with Gasteiger partial charge in [0.2, 0.25) is 0 Å². The fourth-order valence-electron chi connectivity index (χ4n) is 2.78. The van der Waals surface area contributed by atoms with E-state index in [-0.39, 0.29) is 11.4 Å². The van der Waals surface area contributed by atoms with Crippen molar-refractivity contribution in [3.8, 4) is 16.9 Å². The molecule has 0 saturated carbocycles. The van der Waals surface area contributed by atoms with E-state index in [0.29, 0.717) is 12.2 Å². The number of nitrogens with one attached hydrogen (secondary N) is 1. The molecule has 0 heterocycles. The summed E-state index contributed by atoms with van der Waals surface area (Å²) in [4.78, 5) is 22.7. The minimum atomic E-state index is -0.878. The van der Waals surface area contributed by atoms with Gasteiger partial charge in [-0.05, 0) is 35.7 Å². The third kappa shape index (κ3) is 4.95. The molecular formula is C22H19FN2O4. The summed E-state index contributed by atoms with van der Waals surface area (Å²) in [5.41, 5.74) is 1.50. The van der Waals surface area contributed by atoms with E-state index in [1.165, 1.54) is 0 Å². The minimum absolute atomic E-state index is 0.259. The molecule has 6 nitrogen and oxygen atoms in total. The van der Waals surface area contributed by atoms with Gasteiger partial charge in [0.05, 0.1) is 10.6 Å². The monoisotopic (exact) mass is 394 g/mol. The maximum absolute atomic E-state index is 13.9. The molecule has 1 amide bonds. The molecule has 0 radical (unpaired) electrons. The number of hydrogen-bond acceptors (Lipinski definition) is 4. The van der Waals surface area contributed by atoms with Gasteiger partial charge in [-0.3, -0.25) is 14.9 Å². The Hall–Kier alpha value is -3.74. The largest absolute Gasteiger partial charge is 0.481 e. The van der Waals surface area contributed by atoms with Crippen LogP contribution < -0.4 is 10.1 Å². The van der Waals surface area contributed by atoms with Crippen molar-refractivity contribution >= 4 is 17.3 Å². The molecule has 0 saturated heterocycles. The van der Waals surface area contributed by atoms with Crippen molar-refractivity contribution in [1.29, 1.82) is 0 Å². The summed E-state index contributed by atoms with van der Waals surface area (Å²) in [6, 6.07) is 20.1. The summed E-state index contributed by atoms with van der Waals surface area (Å²) in [5.74, 6) is -0.851. The maximum atomic E-state index is 13.9. The van der Waals surface area contributed by atoms with Gasteiger partial charge in [0.1, 0.15) is 11.6 Å². The van der Waals surface area contributed by atoms with Gasteiger partial charge < -0.3 is 10.1 Å². The Morgan fingerprint density at radius 3 is 2.34 bits per heavy atom. The molecule has 3 aromatic rings. The Labute approximate surface area is 167 Å². The van der Waals surface area contributed by atoms with Crippen LogP contribution in [-0.4, -0.2) is 16.9 Å². The Bertz CT molecular complexity index is 1010. The molecule has 0 aliphatic heterocycles. The molecular weight excluding hydrogens is 375 g/mol. The molecule has 0 spiro atoms. The third-order valence-corrected chi connectivity index (χ3v) is 4.32. The summed E-state index contributed by atoms with van der Waals surface area (Å²) in [7, 11) is 0. The van der Waals surface area contributed by atoms with Crippen LogP contribution >= 0.6 is 0 Å². The predicted molar refractivity (Wildman–Crippen MR) is 108 cm³/mol. The van der Waals surface area contributed by atoms with E-state index >= 15 is 0 Å². The smallest absolute Gasteiger partial charge is 0.271 e. The molecule has 0 bridgehead atoms. The second-order valence-corrected chi connectivity index (χ2v) is 6.32. The number of nitro groups is 1. The number of carbonyl (C=O) groups excluding carboxylic acids is 1. The van der Waals surface area contributed by atoms with Gasteiger partial charge in [-0.25, -0.2) is 4.39 Å². The molecule has 0 aliphatic carbocycles. The zero-order valence-electron chi connectivity index (χ0n) is 15.7. The molecule has 148 valence electrons. The van der Waals surface area contributed by atoms with Crippen molar-refractivity contribution in [1.82, 2.24) is 0 Å². The minimum Gasteiger partial charge on any atom is -0.481 e. The average molecular weight is 394 g/mol. The lowest BCUT2D eigenvalue weighted by molar-refractivity contribution is -0.384. The number of hydrogen-bond donors (Lipinski definition) is 1. The SMILES string of the molecule is CCC(Oc1ccc(-c2ccccc2)cc1)C(=O)Nc1cc([N+](=O)[O-])ccc1F. The highest BCUT2D eigenvalue weighted by atomic mass is 19.1. The van der Waals surface area contributed by atoms with E-state index < -0.39 is 22.8 Å². The maximum Gasteiger partial charge on any atom is 0.271 e. The van der Waals surface area contributed by atoms with Crippen LogP contribution in [0.3, 0.4) is 0 Å². The number of nitrogens with zero attached hydrogens (tertiary/aromatic N) is 1. The van der Waals surface area contributed by atoms with Gasteiger partial charge in [-0.2, -0.15) is 0 Å². The first-order valence-corrected chi connectivity index (χ1v) is 9.05. The average Bonchev–Trinajstić information content (AvgIpc) is 2.74. The van der Waals surface area contributed by atoms with E-state index in [9.17, 15) is 19.3 Å². The highest BCUT2D eigenvalue weighted by molar-refractivity contribution is 5.94. The topological polar surface area (TPSA) is 81.5 Å². The van der Waals surface area contributed by atoms with Crippen molar-refractivity contribution in [2.75, 3.05) is 5.32 Å². The predicted octanol–water partition coefficient (Wildman–Crippen LogP) is 5.20. The molecule has 7 heteroatoms. The van der Waals surface area contributed by atoms with Gasteiger partial charge in [0, 0.05) is 12.1 Å². The molecule has 1 unspecified atom stereocenters. The van der Waals surface area contributed by atoms with E-state index in [0.717, 1.165) is 29.3 Å². The summed E-state index contributed by atoms with van der Waals surface area (Å²) in [6.45, 7) is 1.76. The number of benzene rings is 3. The number of anilines is 1. The number of halogens is 1. The molecule has 0 aliphatic rings. The van der Waals surface area contributed by atoms with E-state index in [4.69, 9.17) is 4.74 Å². The lowest BCUT2D eigenvalue weighted by Crippen LogP contribution is -2.32. The van der Waals surface area contributed by atoms with Crippen LogP contribution in [0, 0.1) is 15.9 Å². The van der Waals surface area contributed by atoms with Crippen LogP contribution in [0.15, 0.2) is 72.8 Å². The molecule has 3 rings (SSSR count). The van der Waals surface area contributed by atoms with Crippen LogP contribution in [0.1, 0.15) is 13.3 Å². The van der Waals surface area contributed by atoms with Crippen LogP contribution in [-0.2, 0) is 4.79 Å². The lowest BCUT2D eigenvalue weighted by Gasteiger charge is -2.18. The molecule has 3 aromatic carbocycles. The summed E-state index contributed by atoms with van der Waals surface area (Å²) in [6.07, 6.45) is -0.542. The van der Waals surface area contributed by atoms with E-state index in [2.05, 4.69) is 5.32 Å². The zero-order chi connectivity index (χ0) is 20.8. The molecule has 1 N–H and O–H groups in total. The normalized spacial score (nSPS) is 11.5. The van der Waals surface area contributed by atoms with Gasteiger partial charge >= 0.3 is 0 Å². The Morgan fingerprint density at radius 1 is 1.07 bits per heavy atom. The standard InChI is InChI=1S/C22H19FN2O4/c1-2-21(22(26)24-20-14-17(25(27)28)10-13-19(20)23)29-18-11-8-16(9-12-18)15-6-4-3-5-7-15/h3-14,21H,2H2,1H3,(H,24,26). The Kier molecular flexibility index (Phi) is 6.19. The highest BCUT2D eigenvalue weighted by Gasteiger charge is 2.21. The highest BCUT2D eigenvalue weighted by Crippen LogP contribution is 2.24. The third-order valence-electron chi connectivity index (χ3n) is 4.32. The number of nitro benzene ring substituents is 1. The quantitative estimate of drug-likeness (QED) is 0.441. The van der Waals surface area contributed by atoms with Crippen molar-refractivity contribution in [3.63, 3.8) is 0 Å². The molecule has 1 atom stereocenters. The first-order chi connectivity index (χ1) is 14.0. The van der Waals surface area contributed by atoms with E-state index in [1.807, 2.05) is 42.5 Å². The second-order valence-electron chi connectivity index (χ2n) is 6.32. The molecule has 0 aromatic heterocycles. The van der Waals surface area contributed by atoms with Crippen LogP contribution in [0.4, 0.5) is 15.8 Å². The van der Waals surface area contributed by atoms with Gasteiger partial charge in [0.15, 0.2) is 6.10 Å². The summed E-state index contributed by atoms with van der Waals surface area (Å²) >= 11 is 0. The molecule has 29 heavy (non-hydrogen) atoms. The number of carbonyl (C=O) groups is 1. The van der Waals surface area contributed by atoms with Gasteiger partial charge in [-0.1, -0.05) is 49.4 Å². The first-order valence-electron chi connectivity index (χ1n) is 9.05. The summed E-state index contributed by atoms with van der Waals surface area (Å²) < 4.78 is 19.7. The van der Waals surface area contributed by atoms with Crippen molar-refractivity contribution in [3.05, 3.63) is 88.7 Å². The molecule has 0 fully saturated rings. The number of amides is 1. The van der Waals surface area contributed by atoms with Gasteiger partial charge in [-0.15, -0.1) is 0 Å². The van der Waals surface area contributed by atoms with Crippen LogP contribution in [0.2, 0.25) is 0 Å². The Morgan fingerprint density at radius 2 is 1.72 bits per heavy atom. The number of rotatable bonds is 7. The van der Waals surface area contributed by atoms with Crippen molar-refractivity contribution in [2.45, 2.75) is 19.4 Å². The Balaban J connectivity index is 1.70. The van der Waals surface area contributed by atoms with Crippen LogP contribution in [0.25, 0.3) is 11.1 Å². The number of ether oxygens (including phenoxy) is 1. The number of non-ortho nitro benzene ring substituents is 1. The van der Waals surface area contributed by atoms with Crippen molar-refractivity contribution < 1.29 is 18.8 Å². The fraction of sp³-hybridized carbons (Fsp3) is 0.136. The fourth-order valence-corrected chi connectivity index (χ4v) is 2.78. The van der Waals surface area contributed by atoms with Gasteiger partial charge in [0.25, 0.3) is 11.6 Å².